The fourth-order valence-electron chi connectivity index (χ4n) is 3.60. The number of rotatable bonds is 5. The van der Waals surface area contributed by atoms with Crippen LogP contribution in [0.4, 0.5) is 4.39 Å². The maximum Gasteiger partial charge on any atom is 0.293 e. The summed E-state index contributed by atoms with van der Waals surface area (Å²) in [7, 11) is 1.93. The van der Waals surface area contributed by atoms with Gasteiger partial charge in [0.05, 0.1) is 10.6 Å². The van der Waals surface area contributed by atoms with Crippen LogP contribution in [0.2, 0.25) is 0 Å². The Bertz CT molecular complexity index is 953. The Labute approximate surface area is 167 Å². The number of piperidine rings is 1. The van der Waals surface area contributed by atoms with Crippen molar-refractivity contribution in [1.82, 2.24) is 25.0 Å². The molecule has 4 rings (SSSR count). The summed E-state index contributed by atoms with van der Waals surface area (Å²) in [5, 5.41) is 9.59. The molecule has 8 heteroatoms. The number of aromatic nitrogens is 3. The molecule has 146 valence electrons. The molecular weight excluding hydrogens is 377 g/mol. The number of carbonyl (C=O) groups excluding carboxylic acids is 1. The molecular formula is C20H22FN5OS. The lowest BCUT2D eigenvalue weighted by atomic mass is 9.98. The van der Waals surface area contributed by atoms with E-state index in [1.54, 1.807) is 16.8 Å². The fourth-order valence-corrected chi connectivity index (χ4v) is 4.30. The molecule has 0 aliphatic carbocycles. The molecule has 0 radical (unpaired) electrons. The number of thiophene rings is 1. The zero-order valence-electron chi connectivity index (χ0n) is 15.6. The number of nitrogens with zero attached hydrogens (tertiary/aromatic N) is 4. The molecule has 1 aliphatic rings. The maximum absolute atomic E-state index is 13.8. The molecule has 0 saturated carbocycles. The smallest absolute Gasteiger partial charge is 0.293 e. The van der Waals surface area contributed by atoms with Gasteiger partial charge in [-0.15, -0.1) is 16.4 Å². The molecule has 1 saturated heterocycles. The van der Waals surface area contributed by atoms with Crippen LogP contribution in [0.5, 0.6) is 0 Å². The van der Waals surface area contributed by atoms with E-state index in [1.807, 2.05) is 29.5 Å². The first-order chi connectivity index (χ1) is 13.7. The van der Waals surface area contributed by atoms with Crippen LogP contribution < -0.4 is 5.32 Å². The van der Waals surface area contributed by atoms with E-state index in [1.165, 1.54) is 23.5 Å². The highest BCUT2D eigenvalue weighted by Crippen LogP contribution is 2.26. The zero-order valence-corrected chi connectivity index (χ0v) is 16.5. The zero-order chi connectivity index (χ0) is 19.5. The van der Waals surface area contributed by atoms with Gasteiger partial charge in [-0.25, -0.2) is 14.1 Å². The van der Waals surface area contributed by atoms with Gasteiger partial charge in [0.25, 0.3) is 5.91 Å². The van der Waals surface area contributed by atoms with Gasteiger partial charge < -0.3 is 10.2 Å². The molecule has 3 aromatic rings. The first-order valence-corrected chi connectivity index (χ1v) is 10.2. The van der Waals surface area contributed by atoms with Gasteiger partial charge in [0, 0.05) is 13.1 Å². The van der Waals surface area contributed by atoms with E-state index in [0.29, 0.717) is 30.5 Å². The molecule has 1 fully saturated rings. The Morgan fingerprint density at radius 3 is 3.00 bits per heavy atom. The minimum Gasteiger partial charge on any atom is -0.336 e. The predicted octanol–water partition coefficient (Wildman–Crippen LogP) is 3.21. The van der Waals surface area contributed by atoms with Crippen LogP contribution in [0.15, 0.2) is 41.8 Å². The average molecular weight is 399 g/mol. The summed E-state index contributed by atoms with van der Waals surface area (Å²) in [6.07, 6.45) is 2.08. The van der Waals surface area contributed by atoms with Crippen molar-refractivity contribution in [3.63, 3.8) is 0 Å². The number of hydrogen-bond acceptors (Lipinski definition) is 5. The summed E-state index contributed by atoms with van der Waals surface area (Å²) in [6.45, 7) is 2.29. The third-order valence-corrected chi connectivity index (χ3v) is 5.76. The number of hydrogen-bond donors (Lipinski definition) is 1. The third-order valence-electron chi connectivity index (χ3n) is 4.89. The summed E-state index contributed by atoms with van der Waals surface area (Å²) in [6, 6.07) is 9.99. The topological polar surface area (TPSA) is 63.1 Å². The van der Waals surface area contributed by atoms with E-state index in [-0.39, 0.29) is 17.5 Å². The van der Waals surface area contributed by atoms with Gasteiger partial charge in [-0.2, -0.15) is 0 Å². The standard InChI is InChI=1S/C20H22FN5OS/c1-22-12-14-5-3-9-25(13-14)20(27)18-23-19(17-8-4-10-28-17)26(24-18)16-7-2-6-15(21)11-16/h2,4,6-8,10-11,14,22H,3,5,9,12-13H2,1H3. The van der Waals surface area contributed by atoms with Crippen LogP contribution in [-0.4, -0.2) is 52.3 Å². The highest BCUT2D eigenvalue weighted by Gasteiger charge is 2.28. The summed E-state index contributed by atoms with van der Waals surface area (Å²) in [5.74, 6) is 0.605. The van der Waals surface area contributed by atoms with Crippen molar-refractivity contribution < 1.29 is 9.18 Å². The van der Waals surface area contributed by atoms with Crippen LogP contribution in [0.25, 0.3) is 16.4 Å². The number of carbonyl (C=O) groups is 1. The van der Waals surface area contributed by atoms with E-state index in [9.17, 15) is 9.18 Å². The molecule has 1 N–H and O–H groups in total. The van der Waals surface area contributed by atoms with Crippen molar-refractivity contribution in [2.24, 2.45) is 5.92 Å². The number of amides is 1. The molecule has 1 aliphatic heterocycles. The van der Waals surface area contributed by atoms with Gasteiger partial charge >= 0.3 is 0 Å². The second kappa shape index (κ2) is 8.20. The molecule has 1 amide bonds. The van der Waals surface area contributed by atoms with Gasteiger partial charge in [-0.3, -0.25) is 4.79 Å². The number of likely N-dealkylation sites (tertiary alicyclic amines) is 1. The fraction of sp³-hybridized carbons (Fsp3) is 0.350. The molecule has 0 spiro atoms. The maximum atomic E-state index is 13.8. The molecule has 6 nitrogen and oxygen atoms in total. The number of benzene rings is 1. The normalized spacial score (nSPS) is 17.1. The molecule has 1 atom stereocenters. The summed E-state index contributed by atoms with van der Waals surface area (Å²) in [5.41, 5.74) is 0.543. The van der Waals surface area contributed by atoms with E-state index >= 15 is 0 Å². The van der Waals surface area contributed by atoms with Crippen molar-refractivity contribution >= 4 is 17.2 Å². The monoisotopic (exact) mass is 399 g/mol. The lowest BCUT2D eigenvalue weighted by Crippen LogP contribution is -2.42. The second-order valence-electron chi connectivity index (χ2n) is 6.95. The Kier molecular flexibility index (Phi) is 5.50. The quantitative estimate of drug-likeness (QED) is 0.716. The SMILES string of the molecule is CNCC1CCCN(C(=O)c2nc(-c3cccs3)n(-c3cccc(F)c3)n2)C1. The minimum absolute atomic E-state index is 0.151. The van der Waals surface area contributed by atoms with Gasteiger partial charge in [-0.05, 0) is 62.0 Å². The van der Waals surface area contributed by atoms with E-state index < -0.39 is 0 Å². The largest absolute Gasteiger partial charge is 0.336 e. The van der Waals surface area contributed by atoms with Crippen molar-refractivity contribution in [2.45, 2.75) is 12.8 Å². The molecule has 1 unspecified atom stereocenters. The Morgan fingerprint density at radius 1 is 1.36 bits per heavy atom. The second-order valence-corrected chi connectivity index (χ2v) is 7.89. The summed E-state index contributed by atoms with van der Waals surface area (Å²) >= 11 is 1.51. The highest BCUT2D eigenvalue weighted by molar-refractivity contribution is 7.13. The lowest BCUT2D eigenvalue weighted by molar-refractivity contribution is 0.0662. The van der Waals surface area contributed by atoms with E-state index in [0.717, 1.165) is 24.3 Å². The van der Waals surface area contributed by atoms with Crippen molar-refractivity contribution in [2.75, 3.05) is 26.7 Å². The predicted molar refractivity (Wildman–Crippen MR) is 107 cm³/mol. The highest BCUT2D eigenvalue weighted by atomic mass is 32.1. The van der Waals surface area contributed by atoms with Crippen LogP contribution in [0.1, 0.15) is 23.5 Å². The first kappa shape index (κ1) is 18.8. The molecule has 0 bridgehead atoms. The van der Waals surface area contributed by atoms with Gasteiger partial charge in [0.15, 0.2) is 5.82 Å². The van der Waals surface area contributed by atoms with Gasteiger partial charge in [0.1, 0.15) is 5.82 Å². The number of halogens is 1. The average Bonchev–Trinajstić information content (AvgIpc) is 3.37. The van der Waals surface area contributed by atoms with Crippen LogP contribution >= 0.6 is 11.3 Å². The van der Waals surface area contributed by atoms with E-state index in [2.05, 4.69) is 15.4 Å². The Hall–Kier alpha value is -2.58. The molecule has 1 aromatic carbocycles. The van der Waals surface area contributed by atoms with Crippen LogP contribution in [0.3, 0.4) is 0 Å². The van der Waals surface area contributed by atoms with E-state index in [4.69, 9.17) is 0 Å². The van der Waals surface area contributed by atoms with Crippen LogP contribution in [-0.2, 0) is 0 Å². The molecule has 28 heavy (non-hydrogen) atoms. The van der Waals surface area contributed by atoms with Crippen LogP contribution in [0, 0.1) is 11.7 Å². The van der Waals surface area contributed by atoms with Crippen molar-refractivity contribution in [3.8, 4) is 16.4 Å². The lowest BCUT2D eigenvalue weighted by Gasteiger charge is -2.31. The van der Waals surface area contributed by atoms with Crippen molar-refractivity contribution in [1.29, 1.82) is 0 Å². The molecule has 2 aromatic heterocycles. The Morgan fingerprint density at radius 2 is 2.25 bits per heavy atom. The third kappa shape index (κ3) is 3.83. The van der Waals surface area contributed by atoms with Gasteiger partial charge in [0.2, 0.25) is 5.82 Å². The number of nitrogens with one attached hydrogen (secondary N) is 1. The minimum atomic E-state index is -0.357. The summed E-state index contributed by atoms with van der Waals surface area (Å²) < 4.78 is 15.3. The summed E-state index contributed by atoms with van der Waals surface area (Å²) in [4.78, 5) is 20.3. The van der Waals surface area contributed by atoms with Crippen molar-refractivity contribution in [3.05, 3.63) is 53.4 Å². The molecule has 3 heterocycles. The first-order valence-electron chi connectivity index (χ1n) is 9.36. The Balaban J connectivity index is 1.68. The van der Waals surface area contributed by atoms with Gasteiger partial charge in [-0.1, -0.05) is 12.1 Å².